The van der Waals surface area contributed by atoms with E-state index in [4.69, 9.17) is 0 Å². The number of fused-ring (bicyclic) bond motifs is 1. The molecule has 10 heteroatoms. The van der Waals surface area contributed by atoms with Crippen LogP contribution in [0.3, 0.4) is 0 Å². The van der Waals surface area contributed by atoms with Gasteiger partial charge in [-0.15, -0.1) is 0 Å². The first kappa shape index (κ1) is 22.3. The van der Waals surface area contributed by atoms with Gasteiger partial charge >= 0.3 is 6.18 Å². The normalized spacial score (nSPS) is 16.4. The summed E-state index contributed by atoms with van der Waals surface area (Å²) in [5, 5.41) is 10.4. The third-order valence-corrected chi connectivity index (χ3v) is 5.46. The largest absolute Gasteiger partial charge is 0.416 e. The fraction of sp³-hybridized carbons (Fsp3) is 0.455. The highest BCUT2D eigenvalue weighted by Gasteiger charge is 2.31. The Morgan fingerprint density at radius 1 is 1.09 bits per heavy atom. The number of rotatable bonds is 4. The summed E-state index contributed by atoms with van der Waals surface area (Å²) in [6.45, 7) is 4.07. The van der Waals surface area contributed by atoms with Gasteiger partial charge in [-0.25, -0.2) is 0 Å². The molecule has 0 radical (unpaired) electrons. The highest BCUT2D eigenvalue weighted by atomic mass is 19.4. The maximum Gasteiger partial charge on any atom is 0.416 e. The Labute approximate surface area is 182 Å². The van der Waals surface area contributed by atoms with E-state index in [1.165, 1.54) is 42.9 Å². The summed E-state index contributed by atoms with van der Waals surface area (Å²) in [6, 6.07) is 4.85. The molecule has 0 amide bonds. The number of halogens is 4. The van der Waals surface area contributed by atoms with Gasteiger partial charge < -0.3 is 10.6 Å². The van der Waals surface area contributed by atoms with Crippen molar-refractivity contribution in [2.45, 2.75) is 51.1 Å². The summed E-state index contributed by atoms with van der Waals surface area (Å²) >= 11 is 0. The molecule has 0 spiro atoms. The summed E-state index contributed by atoms with van der Waals surface area (Å²) in [5.74, 6) is 0.290. The van der Waals surface area contributed by atoms with Crippen molar-refractivity contribution in [1.29, 1.82) is 0 Å². The van der Waals surface area contributed by atoms with Crippen molar-refractivity contribution in [3.8, 4) is 5.88 Å². The van der Waals surface area contributed by atoms with Crippen molar-refractivity contribution < 1.29 is 22.6 Å². The van der Waals surface area contributed by atoms with Crippen molar-refractivity contribution >= 4 is 17.2 Å². The molecule has 172 valence electrons. The van der Waals surface area contributed by atoms with Crippen LogP contribution in [0, 0.1) is 6.92 Å². The van der Waals surface area contributed by atoms with E-state index in [-0.39, 0.29) is 17.4 Å². The van der Waals surface area contributed by atoms with Crippen molar-refractivity contribution in [2.75, 3.05) is 18.4 Å². The van der Waals surface area contributed by atoms with E-state index in [2.05, 4.69) is 25.7 Å². The molecule has 1 aromatic carbocycles. The monoisotopic (exact) mass is 451 g/mol. The molecule has 0 bridgehead atoms. The number of nitrogens with zero attached hydrogens (tertiary/aromatic N) is 3. The zero-order valence-corrected chi connectivity index (χ0v) is 17.7. The van der Waals surface area contributed by atoms with E-state index < -0.39 is 11.7 Å². The lowest BCUT2D eigenvalue weighted by Crippen LogP contribution is -2.21. The van der Waals surface area contributed by atoms with Gasteiger partial charge in [-0.3, -0.25) is 4.94 Å². The lowest BCUT2D eigenvalue weighted by atomic mass is 10.1. The third-order valence-electron chi connectivity index (χ3n) is 5.46. The third kappa shape index (κ3) is 5.29. The van der Waals surface area contributed by atoms with Crippen LogP contribution >= 0.6 is 0 Å². The van der Waals surface area contributed by atoms with E-state index in [1.807, 2.05) is 0 Å². The SMILES string of the molecule is C1CCNCC1.Cc1cc(Nc2cc(OF)nc3c(C4CC4)cnn23)cc(C(F)(F)F)c1. The molecule has 6 nitrogen and oxygen atoms in total. The second-order valence-electron chi connectivity index (χ2n) is 8.19. The van der Waals surface area contributed by atoms with Crippen molar-refractivity contribution in [3.63, 3.8) is 0 Å². The first-order chi connectivity index (χ1) is 15.3. The Morgan fingerprint density at radius 2 is 1.84 bits per heavy atom. The van der Waals surface area contributed by atoms with Gasteiger partial charge in [0.2, 0.25) is 0 Å². The molecule has 2 aromatic heterocycles. The van der Waals surface area contributed by atoms with Crippen LogP contribution in [0.4, 0.5) is 29.2 Å². The standard InChI is InChI=1S/C17H14F4N4O.C5H11N/c1-9-4-11(17(18,19)20)6-12(5-9)23-14-7-15(26-21)24-16-13(10-2-3-10)8-22-25(14)16;1-2-4-6-5-3-1/h4-8,10,23H,2-3H2,1H3;6H,1-5H2. The Bertz CT molecular complexity index is 1060. The Morgan fingerprint density at radius 3 is 2.41 bits per heavy atom. The predicted molar refractivity (Wildman–Crippen MR) is 113 cm³/mol. The maximum absolute atomic E-state index is 13.0. The molecule has 32 heavy (non-hydrogen) atoms. The van der Waals surface area contributed by atoms with Gasteiger partial charge in [0.25, 0.3) is 5.88 Å². The smallest absolute Gasteiger partial charge is 0.340 e. The molecule has 1 saturated heterocycles. The van der Waals surface area contributed by atoms with Crippen LogP contribution in [0.25, 0.3) is 5.65 Å². The predicted octanol–water partition coefficient (Wildman–Crippen LogP) is 5.70. The van der Waals surface area contributed by atoms with Crippen molar-refractivity contribution in [3.05, 3.63) is 47.2 Å². The number of anilines is 2. The average Bonchev–Trinajstić information content (AvgIpc) is 3.53. The number of hydrogen-bond acceptors (Lipinski definition) is 5. The van der Waals surface area contributed by atoms with E-state index in [1.54, 1.807) is 19.2 Å². The van der Waals surface area contributed by atoms with Crippen LogP contribution in [0.15, 0.2) is 30.5 Å². The van der Waals surface area contributed by atoms with Gasteiger partial charge in [-0.05, 0) is 75.4 Å². The number of benzene rings is 1. The van der Waals surface area contributed by atoms with Crippen LogP contribution in [0.5, 0.6) is 5.88 Å². The van der Waals surface area contributed by atoms with Gasteiger partial charge in [0, 0.05) is 21.8 Å². The quantitative estimate of drug-likeness (QED) is 0.498. The average molecular weight is 451 g/mol. The molecular formula is C22H25F4N5O. The summed E-state index contributed by atoms with van der Waals surface area (Å²) < 4.78 is 53.3. The number of piperidine rings is 1. The minimum absolute atomic E-state index is 0.207. The molecule has 2 N–H and O–H groups in total. The Balaban J connectivity index is 0.000000354. The van der Waals surface area contributed by atoms with Crippen molar-refractivity contribution in [1.82, 2.24) is 19.9 Å². The molecule has 3 heterocycles. The van der Waals surface area contributed by atoms with E-state index in [9.17, 15) is 17.7 Å². The van der Waals surface area contributed by atoms with E-state index in [0.717, 1.165) is 30.5 Å². The number of hydrogen-bond donors (Lipinski definition) is 2. The first-order valence-corrected chi connectivity index (χ1v) is 10.7. The molecule has 2 aliphatic rings. The van der Waals surface area contributed by atoms with E-state index >= 15 is 0 Å². The number of alkyl halides is 3. The molecule has 1 aliphatic heterocycles. The fourth-order valence-corrected chi connectivity index (χ4v) is 3.74. The van der Waals surface area contributed by atoms with Gasteiger partial charge in [-0.1, -0.05) is 6.42 Å². The van der Waals surface area contributed by atoms with Crippen LogP contribution in [0.2, 0.25) is 0 Å². The zero-order chi connectivity index (χ0) is 22.7. The second kappa shape index (κ2) is 9.32. The maximum atomic E-state index is 13.0. The summed E-state index contributed by atoms with van der Waals surface area (Å²) in [5.41, 5.74) is 1.17. The number of aryl methyl sites for hydroxylation is 1. The lowest BCUT2D eigenvalue weighted by Gasteiger charge is -2.13. The summed E-state index contributed by atoms with van der Waals surface area (Å²) in [6.07, 6.45) is 3.39. The number of aromatic nitrogens is 3. The van der Waals surface area contributed by atoms with Gasteiger partial charge in [-0.2, -0.15) is 27.8 Å². The lowest BCUT2D eigenvalue weighted by molar-refractivity contribution is -0.137. The van der Waals surface area contributed by atoms with Gasteiger partial charge in [0.15, 0.2) is 5.65 Å². The molecular weight excluding hydrogens is 426 g/mol. The topological polar surface area (TPSA) is 63.5 Å². The zero-order valence-electron chi connectivity index (χ0n) is 17.7. The highest BCUT2D eigenvalue weighted by molar-refractivity contribution is 5.64. The molecule has 0 unspecified atom stereocenters. The minimum Gasteiger partial charge on any atom is -0.340 e. The van der Waals surface area contributed by atoms with Crippen LogP contribution in [0.1, 0.15) is 54.7 Å². The van der Waals surface area contributed by atoms with Crippen molar-refractivity contribution in [2.24, 2.45) is 0 Å². The van der Waals surface area contributed by atoms with E-state index in [0.29, 0.717) is 17.1 Å². The first-order valence-electron chi connectivity index (χ1n) is 10.7. The van der Waals surface area contributed by atoms with Gasteiger partial charge in [0.05, 0.1) is 11.8 Å². The second-order valence-corrected chi connectivity index (χ2v) is 8.19. The minimum atomic E-state index is -4.46. The highest BCUT2D eigenvalue weighted by Crippen LogP contribution is 2.42. The summed E-state index contributed by atoms with van der Waals surface area (Å²) in [7, 11) is 0. The van der Waals surface area contributed by atoms with Crippen LogP contribution in [-0.2, 0) is 6.18 Å². The molecule has 3 aromatic rings. The summed E-state index contributed by atoms with van der Waals surface area (Å²) in [4.78, 5) is 7.83. The van der Waals surface area contributed by atoms with Gasteiger partial charge in [0.1, 0.15) is 5.82 Å². The molecule has 0 atom stereocenters. The molecule has 5 rings (SSSR count). The number of nitrogens with one attached hydrogen (secondary N) is 2. The molecule has 2 fully saturated rings. The van der Waals surface area contributed by atoms with Crippen LogP contribution in [-0.4, -0.2) is 27.7 Å². The Kier molecular flexibility index (Phi) is 6.50. The molecule has 1 aliphatic carbocycles. The molecule has 1 saturated carbocycles. The van der Waals surface area contributed by atoms with Crippen LogP contribution < -0.4 is 15.6 Å². The Hall–Kier alpha value is -2.88. The fourth-order valence-electron chi connectivity index (χ4n) is 3.74.